The van der Waals surface area contributed by atoms with E-state index < -0.39 is 0 Å². The predicted octanol–water partition coefficient (Wildman–Crippen LogP) is 2.82. The third kappa shape index (κ3) is 3.81. The summed E-state index contributed by atoms with van der Waals surface area (Å²) in [5.74, 6) is 0.0364. The number of fused-ring (bicyclic) bond motifs is 1. The lowest BCUT2D eigenvalue weighted by Crippen LogP contribution is -2.45. The van der Waals surface area contributed by atoms with Crippen LogP contribution in [0.5, 0.6) is 0 Å². The van der Waals surface area contributed by atoms with Crippen molar-refractivity contribution in [2.75, 3.05) is 0 Å². The first-order valence-electron chi connectivity index (χ1n) is 10.2. The monoisotopic (exact) mass is 380 g/mol. The van der Waals surface area contributed by atoms with E-state index in [9.17, 15) is 9.59 Å². The molecule has 6 heteroatoms. The molecule has 1 atom stereocenters. The van der Waals surface area contributed by atoms with Crippen LogP contribution in [0.3, 0.4) is 0 Å². The SMILES string of the molecule is CC1(C(=O)N[C@H]2Cc3c(C(=O)NCc4ccccc4)cnn3C2)CCCCC1. The van der Waals surface area contributed by atoms with Gasteiger partial charge in [0.2, 0.25) is 5.91 Å². The molecule has 28 heavy (non-hydrogen) atoms. The number of aromatic nitrogens is 2. The second kappa shape index (κ2) is 7.78. The highest BCUT2D eigenvalue weighted by Gasteiger charge is 2.37. The summed E-state index contributed by atoms with van der Waals surface area (Å²) in [6.07, 6.45) is 7.69. The Balaban J connectivity index is 1.36. The van der Waals surface area contributed by atoms with Gasteiger partial charge in [-0.3, -0.25) is 14.3 Å². The first-order chi connectivity index (χ1) is 13.5. The maximum Gasteiger partial charge on any atom is 0.255 e. The smallest absolute Gasteiger partial charge is 0.255 e. The molecule has 1 aliphatic heterocycles. The average molecular weight is 380 g/mol. The number of carbonyl (C=O) groups is 2. The number of nitrogens with one attached hydrogen (secondary N) is 2. The van der Waals surface area contributed by atoms with Gasteiger partial charge in [-0.05, 0) is 18.4 Å². The van der Waals surface area contributed by atoms with Gasteiger partial charge in [0.15, 0.2) is 0 Å². The molecule has 6 nitrogen and oxygen atoms in total. The molecule has 0 radical (unpaired) electrons. The quantitative estimate of drug-likeness (QED) is 0.837. The van der Waals surface area contributed by atoms with Crippen LogP contribution < -0.4 is 10.6 Å². The number of rotatable bonds is 5. The highest BCUT2D eigenvalue weighted by atomic mass is 16.2. The zero-order chi connectivity index (χ0) is 19.6. The van der Waals surface area contributed by atoms with E-state index in [0.29, 0.717) is 25.1 Å². The van der Waals surface area contributed by atoms with Crippen molar-refractivity contribution < 1.29 is 9.59 Å². The Morgan fingerprint density at radius 1 is 1.18 bits per heavy atom. The predicted molar refractivity (Wildman–Crippen MR) is 107 cm³/mol. The van der Waals surface area contributed by atoms with Gasteiger partial charge in [-0.2, -0.15) is 5.10 Å². The van der Waals surface area contributed by atoms with Gasteiger partial charge in [0.25, 0.3) is 5.91 Å². The second-order valence-electron chi connectivity index (χ2n) is 8.35. The van der Waals surface area contributed by atoms with Gasteiger partial charge in [-0.1, -0.05) is 56.5 Å². The molecule has 1 aromatic heterocycles. The molecule has 1 aromatic carbocycles. The summed E-state index contributed by atoms with van der Waals surface area (Å²) < 4.78 is 1.85. The average Bonchev–Trinajstić information content (AvgIpc) is 3.27. The van der Waals surface area contributed by atoms with Gasteiger partial charge in [-0.25, -0.2) is 0 Å². The Morgan fingerprint density at radius 2 is 1.93 bits per heavy atom. The Morgan fingerprint density at radius 3 is 2.68 bits per heavy atom. The van der Waals surface area contributed by atoms with Gasteiger partial charge in [0.05, 0.1) is 30.0 Å². The molecule has 0 spiro atoms. The maximum absolute atomic E-state index is 12.8. The molecule has 0 bridgehead atoms. The van der Waals surface area contributed by atoms with E-state index in [2.05, 4.69) is 22.7 Å². The fourth-order valence-corrected chi connectivity index (χ4v) is 4.37. The lowest BCUT2D eigenvalue weighted by molar-refractivity contribution is -0.132. The Bertz CT molecular complexity index is 853. The van der Waals surface area contributed by atoms with Crippen molar-refractivity contribution in [1.29, 1.82) is 0 Å². The minimum Gasteiger partial charge on any atom is -0.351 e. The van der Waals surface area contributed by atoms with Crippen molar-refractivity contribution in [3.63, 3.8) is 0 Å². The lowest BCUT2D eigenvalue weighted by Gasteiger charge is -2.33. The van der Waals surface area contributed by atoms with Crippen LogP contribution in [0.2, 0.25) is 0 Å². The standard InChI is InChI=1S/C22H28N4O2/c1-22(10-6-3-7-11-22)21(28)25-17-12-19-18(14-24-26(19)15-17)20(27)23-13-16-8-4-2-5-9-16/h2,4-5,8-9,14,17H,3,6-7,10-13,15H2,1H3,(H,23,27)(H,25,28)/t17-/m0/s1. The number of benzene rings is 1. The molecule has 2 aromatic rings. The van der Waals surface area contributed by atoms with Gasteiger partial charge >= 0.3 is 0 Å². The van der Waals surface area contributed by atoms with E-state index in [4.69, 9.17) is 0 Å². The molecule has 1 fully saturated rings. The fraction of sp³-hybridized carbons (Fsp3) is 0.500. The van der Waals surface area contributed by atoms with Gasteiger partial charge < -0.3 is 10.6 Å². The zero-order valence-electron chi connectivity index (χ0n) is 16.4. The van der Waals surface area contributed by atoms with Crippen molar-refractivity contribution in [2.45, 2.75) is 64.6 Å². The van der Waals surface area contributed by atoms with Gasteiger partial charge in [0, 0.05) is 18.4 Å². The number of amides is 2. The molecule has 2 N–H and O–H groups in total. The van der Waals surface area contributed by atoms with Crippen LogP contribution in [0, 0.1) is 5.41 Å². The number of carbonyl (C=O) groups excluding carboxylic acids is 2. The summed E-state index contributed by atoms with van der Waals surface area (Å²) in [7, 11) is 0. The molecule has 148 valence electrons. The largest absolute Gasteiger partial charge is 0.351 e. The molecule has 2 aliphatic rings. The van der Waals surface area contributed by atoms with Crippen LogP contribution in [0.25, 0.3) is 0 Å². The van der Waals surface area contributed by atoms with E-state index in [1.165, 1.54) is 6.42 Å². The first-order valence-corrected chi connectivity index (χ1v) is 10.2. The van der Waals surface area contributed by atoms with E-state index in [0.717, 1.165) is 36.9 Å². The van der Waals surface area contributed by atoms with E-state index in [1.54, 1.807) is 6.20 Å². The van der Waals surface area contributed by atoms with Crippen molar-refractivity contribution in [2.24, 2.45) is 5.41 Å². The molecule has 2 heterocycles. The van der Waals surface area contributed by atoms with Crippen molar-refractivity contribution in [3.05, 3.63) is 53.3 Å². The van der Waals surface area contributed by atoms with Crippen LogP contribution in [0.1, 0.15) is 60.6 Å². The molecule has 0 unspecified atom stereocenters. The molecule has 1 saturated carbocycles. The second-order valence-corrected chi connectivity index (χ2v) is 8.35. The van der Waals surface area contributed by atoms with Crippen LogP contribution >= 0.6 is 0 Å². The number of nitrogens with zero attached hydrogens (tertiary/aromatic N) is 2. The van der Waals surface area contributed by atoms with Crippen molar-refractivity contribution >= 4 is 11.8 Å². The minimum atomic E-state index is -0.251. The summed E-state index contributed by atoms with van der Waals surface area (Å²) in [5.41, 5.74) is 2.32. The van der Waals surface area contributed by atoms with Gasteiger partial charge in [-0.15, -0.1) is 0 Å². The Hall–Kier alpha value is -2.63. The maximum atomic E-state index is 12.8. The summed E-state index contributed by atoms with van der Waals surface area (Å²) in [6, 6.07) is 9.85. The zero-order valence-corrected chi connectivity index (χ0v) is 16.4. The number of hydrogen-bond acceptors (Lipinski definition) is 3. The fourth-order valence-electron chi connectivity index (χ4n) is 4.37. The van der Waals surface area contributed by atoms with Gasteiger partial charge in [0.1, 0.15) is 0 Å². The van der Waals surface area contributed by atoms with E-state index >= 15 is 0 Å². The minimum absolute atomic E-state index is 0.00984. The van der Waals surface area contributed by atoms with Crippen molar-refractivity contribution in [1.82, 2.24) is 20.4 Å². The van der Waals surface area contributed by atoms with Crippen LogP contribution in [-0.2, 0) is 24.3 Å². The third-order valence-electron chi connectivity index (χ3n) is 6.16. The molecule has 1 aliphatic carbocycles. The summed E-state index contributed by atoms with van der Waals surface area (Å²) in [4.78, 5) is 25.4. The number of hydrogen-bond donors (Lipinski definition) is 2. The van der Waals surface area contributed by atoms with E-state index in [1.807, 2.05) is 35.0 Å². The van der Waals surface area contributed by atoms with Crippen molar-refractivity contribution in [3.8, 4) is 0 Å². The summed E-state index contributed by atoms with van der Waals surface area (Å²) in [5, 5.41) is 10.5. The van der Waals surface area contributed by atoms with Crippen LogP contribution in [0.15, 0.2) is 36.5 Å². The molecule has 0 saturated heterocycles. The summed E-state index contributed by atoms with van der Waals surface area (Å²) in [6.45, 7) is 3.20. The highest BCUT2D eigenvalue weighted by Crippen LogP contribution is 2.36. The topological polar surface area (TPSA) is 76.0 Å². The van der Waals surface area contributed by atoms with Crippen LogP contribution in [0.4, 0.5) is 0 Å². The Labute approximate surface area is 165 Å². The third-order valence-corrected chi connectivity index (χ3v) is 6.16. The molecule has 4 rings (SSSR count). The molecular formula is C22H28N4O2. The Kier molecular flexibility index (Phi) is 5.20. The summed E-state index contributed by atoms with van der Waals surface area (Å²) >= 11 is 0. The highest BCUT2D eigenvalue weighted by molar-refractivity contribution is 5.95. The van der Waals surface area contributed by atoms with Crippen LogP contribution in [-0.4, -0.2) is 27.6 Å². The molecular weight excluding hydrogens is 352 g/mol. The molecule has 2 amide bonds. The first kappa shape index (κ1) is 18.7. The lowest BCUT2D eigenvalue weighted by atomic mass is 9.75. The normalized spacial score (nSPS) is 20.4. The van der Waals surface area contributed by atoms with E-state index in [-0.39, 0.29) is 23.3 Å².